The van der Waals surface area contributed by atoms with Crippen LogP contribution in [0.1, 0.15) is 18.1 Å². The third-order valence-electron chi connectivity index (χ3n) is 8.72. The first-order valence-corrected chi connectivity index (χ1v) is 18.2. The molecule has 56 heavy (non-hydrogen) atoms. The number of likely N-dealkylation sites (N-methyl/N-ethyl adjacent to an activating group) is 2. The largest absolute Gasteiger partial charge is 0.492 e. The van der Waals surface area contributed by atoms with E-state index in [1.807, 2.05) is 121 Å². The number of hydrogen-bond donors (Lipinski definition) is 2. The molecule has 0 fully saturated rings. The third-order valence-corrected chi connectivity index (χ3v) is 8.72. The number of methoxy groups -OCH3 is 1. The van der Waals surface area contributed by atoms with Gasteiger partial charge in [0.05, 0.1) is 32.2 Å². The maximum absolute atomic E-state index is 11.3. The molecule has 0 aliphatic carbocycles. The van der Waals surface area contributed by atoms with Gasteiger partial charge in [-0.3, -0.25) is 4.79 Å². The van der Waals surface area contributed by atoms with E-state index in [9.17, 15) is 14.7 Å². The number of carboxylic acids is 2. The number of nitrogens with zero attached hydrogens (tertiary/aromatic N) is 4. The second kappa shape index (κ2) is 20.5. The second-order valence-electron chi connectivity index (χ2n) is 13.1. The number of benzene rings is 4. The number of para-hydroxylation sites is 4. The maximum atomic E-state index is 11.3. The number of carbonyl (C=O) groups is 2. The normalized spacial score (nSPS) is 12.1. The van der Waals surface area contributed by atoms with Crippen LogP contribution < -0.4 is 19.3 Å². The van der Waals surface area contributed by atoms with Gasteiger partial charge in [0.1, 0.15) is 35.7 Å². The summed E-state index contributed by atoms with van der Waals surface area (Å²) in [4.78, 5) is 34.9. The van der Waals surface area contributed by atoms with Crippen LogP contribution in [0.2, 0.25) is 0 Å². The molecule has 0 radical (unpaired) electrons. The van der Waals surface area contributed by atoms with E-state index in [4.69, 9.17) is 32.9 Å². The minimum atomic E-state index is -0.992. The van der Waals surface area contributed by atoms with E-state index >= 15 is 0 Å². The number of ether oxygens (including phenoxy) is 4. The summed E-state index contributed by atoms with van der Waals surface area (Å²) >= 11 is 0. The molecular weight excluding hydrogens is 720 g/mol. The number of aromatic nitrogens is 2. The minimum Gasteiger partial charge on any atom is -0.492 e. The molecule has 14 nitrogen and oxygen atoms in total. The summed E-state index contributed by atoms with van der Waals surface area (Å²) in [5.41, 5.74) is 5.01. The fourth-order valence-corrected chi connectivity index (χ4v) is 5.43. The van der Waals surface area contributed by atoms with Gasteiger partial charge in [-0.2, -0.15) is 9.97 Å². The van der Waals surface area contributed by atoms with Crippen molar-refractivity contribution in [2.75, 3.05) is 70.5 Å². The van der Waals surface area contributed by atoms with Crippen LogP contribution in [-0.2, 0) is 31.9 Å². The van der Waals surface area contributed by atoms with E-state index in [1.54, 1.807) is 14.0 Å². The number of rotatable bonds is 20. The number of aliphatic carboxylic acids is 2. The van der Waals surface area contributed by atoms with E-state index in [1.165, 1.54) is 0 Å². The molecule has 6 rings (SSSR count). The standard InChI is InChI=1S/C22H26N2O6.C20H22N2O4/c1-24(22-23-18-5-3-4-6-19(18)30-22)11-12-28-17-9-7-16(8-10-17)15-20(21(25)26)29-14-13-27-2;1-14(19(23)24)13-15-7-9-16(10-8-15)25-12-11-22(2)20-21-17-5-3-4-6-18(17)26-20/h3-10,20H,11-15H2,1-2H3,(H,25,26);3-10,14H,11-13H2,1-2H3,(H,23,24). The molecule has 2 N–H and O–H groups in total. The Labute approximate surface area is 325 Å². The molecule has 296 valence electrons. The van der Waals surface area contributed by atoms with Gasteiger partial charge in [-0.15, -0.1) is 0 Å². The summed E-state index contributed by atoms with van der Waals surface area (Å²) in [7, 11) is 5.35. The maximum Gasteiger partial charge on any atom is 0.333 e. The van der Waals surface area contributed by atoms with Gasteiger partial charge in [-0.1, -0.05) is 55.5 Å². The molecule has 0 amide bonds. The third kappa shape index (κ3) is 12.2. The molecule has 14 heteroatoms. The lowest BCUT2D eigenvalue weighted by molar-refractivity contribution is -0.151. The Hall–Kier alpha value is -6.12. The molecule has 2 atom stereocenters. The summed E-state index contributed by atoms with van der Waals surface area (Å²) in [5.74, 6) is -0.715. The molecule has 0 aliphatic rings. The Balaban J connectivity index is 0.000000216. The first kappa shape index (κ1) is 41.1. The average molecular weight is 769 g/mol. The van der Waals surface area contributed by atoms with Gasteiger partial charge in [0.2, 0.25) is 0 Å². The highest BCUT2D eigenvalue weighted by Crippen LogP contribution is 2.22. The van der Waals surface area contributed by atoms with Gasteiger partial charge in [-0.25, -0.2) is 4.79 Å². The van der Waals surface area contributed by atoms with Crippen LogP contribution >= 0.6 is 0 Å². The summed E-state index contributed by atoms with van der Waals surface area (Å²) in [6.07, 6.45) is -0.118. The topological polar surface area (TPSA) is 170 Å². The lowest BCUT2D eigenvalue weighted by atomic mass is 10.0. The van der Waals surface area contributed by atoms with Crippen molar-refractivity contribution in [2.24, 2.45) is 5.92 Å². The summed E-state index contributed by atoms with van der Waals surface area (Å²) in [5, 5.41) is 18.3. The van der Waals surface area contributed by atoms with Crippen LogP contribution in [0.5, 0.6) is 11.5 Å². The average Bonchev–Trinajstić information content (AvgIpc) is 3.84. The van der Waals surface area contributed by atoms with Crippen LogP contribution in [0.15, 0.2) is 106 Å². The molecule has 0 saturated heterocycles. The summed E-state index contributed by atoms with van der Waals surface area (Å²) in [6.45, 7) is 4.46. The van der Waals surface area contributed by atoms with Crippen LogP contribution in [0.25, 0.3) is 22.2 Å². The summed E-state index contributed by atoms with van der Waals surface area (Å²) in [6, 6.07) is 31.3. The van der Waals surface area contributed by atoms with Gasteiger partial charge in [0.25, 0.3) is 12.0 Å². The number of anilines is 2. The fraction of sp³-hybridized carbons (Fsp3) is 0.333. The molecule has 2 heterocycles. The Bertz CT molecular complexity index is 2050. The first-order chi connectivity index (χ1) is 27.1. The molecule has 4 aromatic carbocycles. The van der Waals surface area contributed by atoms with Crippen molar-refractivity contribution in [3.8, 4) is 11.5 Å². The SMILES string of the molecule is CC(Cc1ccc(OCCN(C)c2nc3ccccc3o2)cc1)C(=O)O.COCCOC(Cc1ccc(OCCN(C)c2nc3ccccc3o2)cc1)C(=O)O. The number of carboxylic acid groups (broad SMARTS) is 2. The number of hydrogen-bond acceptors (Lipinski definition) is 12. The molecule has 2 aromatic heterocycles. The van der Waals surface area contributed by atoms with Gasteiger partial charge < -0.3 is 47.8 Å². The highest BCUT2D eigenvalue weighted by Gasteiger charge is 2.19. The molecule has 2 unspecified atom stereocenters. The zero-order valence-corrected chi connectivity index (χ0v) is 32.0. The molecule has 0 saturated carbocycles. The number of fused-ring (bicyclic) bond motifs is 2. The predicted octanol–water partition coefficient (Wildman–Crippen LogP) is 6.61. The van der Waals surface area contributed by atoms with Crippen molar-refractivity contribution in [3.63, 3.8) is 0 Å². The quantitative estimate of drug-likeness (QED) is 0.0796. The van der Waals surface area contributed by atoms with Crippen molar-refractivity contribution in [2.45, 2.75) is 25.9 Å². The van der Waals surface area contributed by atoms with E-state index in [-0.39, 0.29) is 13.0 Å². The van der Waals surface area contributed by atoms with Crippen LogP contribution in [0.4, 0.5) is 12.0 Å². The van der Waals surface area contributed by atoms with Crippen molar-refractivity contribution >= 4 is 46.2 Å². The van der Waals surface area contributed by atoms with Crippen LogP contribution in [0.3, 0.4) is 0 Å². The van der Waals surface area contributed by atoms with Gasteiger partial charge in [0, 0.05) is 27.6 Å². The molecule has 0 spiro atoms. The van der Waals surface area contributed by atoms with Gasteiger partial charge in [0.15, 0.2) is 17.3 Å². The summed E-state index contributed by atoms with van der Waals surface area (Å²) < 4.78 is 33.2. The van der Waals surface area contributed by atoms with E-state index in [0.717, 1.165) is 39.1 Å². The van der Waals surface area contributed by atoms with Crippen LogP contribution in [0, 0.1) is 5.92 Å². The Morgan fingerprint density at radius 2 is 1.11 bits per heavy atom. The van der Waals surface area contributed by atoms with Gasteiger partial charge >= 0.3 is 11.9 Å². The molecular formula is C42H48N4O10. The predicted molar refractivity (Wildman–Crippen MR) is 212 cm³/mol. The minimum absolute atomic E-state index is 0.238. The highest BCUT2D eigenvalue weighted by atomic mass is 16.5. The smallest absolute Gasteiger partial charge is 0.333 e. The van der Waals surface area contributed by atoms with Crippen LogP contribution in [-0.4, -0.2) is 98.9 Å². The Kier molecular flexibility index (Phi) is 15.0. The van der Waals surface area contributed by atoms with Crippen molar-refractivity contribution < 1.29 is 47.6 Å². The number of oxazole rings is 2. The van der Waals surface area contributed by atoms with E-state index < -0.39 is 24.0 Å². The van der Waals surface area contributed by atoms with Crippen molar-refractivity contribution in [1.29, 1.82) is 0 Å². The van der Waals surface area contributed by atoms with Crippen molar-refractivity contribution in [1.82, 2.24) is 9.97 Å². The zero-order chi connectivity index (χ0) is 39.9. The van der Waals surface area contributed by atoms with E-state index in [2.05, 4.69) is 9.97 Å². The molecule has 6 aromatic rings. The fourth-order valence-electron chi connectivity index (χ4n) is 5.43. The van der Waals surface area contributed by atoms with Crippen molar-refractivity contribution in [3.05, 3.63) is 108 Å². The molecule has 0 bridgehead atoms. The lowest BCUT2D eigenvalue weighted by Gasteiger charge is -2.15. The van der Waals surface area contributed by atoms with Gasteiger partial charge in [-0.05, 0) is 66.1 Å². The first-order valence-electron chi connectivity index (χ1n) is 18.2. The Morgan fingerprint density at radius 3 is 1.54 bits per heavy atom. The molecule has 0 aliphatic heterocycles. The highest BCUT2D eigenvalue weighted by molar-refractivity contribution is 5.75. The lowest BCUT2D eigenvalue weighted by Crippen LogP contribution is -2.27. The second-order valence-corrected chi connectivity index (χ2v) is 13.1. The monoisotopic (exact) mass is 768 g/mol. The zero-order valence-electron chi connectivity index (χ0n) is 32.0. The van der Waals surface area contributed by atoms with E-state index in [0.29, 0.717) is 57.1 Å². The Morgan fingerprint density at radius 1 is 0.643 bits per heavy atom.